The summed E-state index contributed by atoms with van der Waals surface area (Å²) in [6.07, 6.45) is 2.48. The van der Waals surface area contributed by atoms with Gasteiger partial charge in [0.2, 0.25) is 0 Å². The van der Waals surface area contributed by atoms with Gasteiger partial charge in [0.25, 0.3) is 0 Å². The molecule has 3 aromatic rings. The molecule has 1 atom stereocenters. The van der Waals surface area contributed by atoms with E-state index in [1.807, 2.05) is 18.2 Å². The lowest BCUT2D eigenvalue weighted by molar-refractivity contribution is 0.245. The van der Waals surface area contributed by atoms with Crippen molar-refractivity contribution in [2.75, 3.05) is 19.6 Å². The highest BCUT2D eigenvalue weighted by Gasteiger charge is 2.24. The van der Waals surface area contributed by atoms with Crippen molar-refractivity contribution in [2.24, 2.45) is 12.0 Å². The minimum Gasteiger partial charge on any atom is -0.357 e. The first-order chi connectivity index (χ1) is 14.7. The standard InChI is InChI=1S/C24H32N6.HI/c1-3-25-24(27-17-23-28-21-13-7-8-14-22(21)29(23)2)26-16-20-12-9-15-30(20)18-19-10-5-4-6-11-19;/h4-8,10-11,13-14,20H,3,9,12,15-18H2,1-2H3,(H2,25,26,27);1H. The summed E-state index contributed by atoms with van der Waals surface area (Å²) in [5.41, 5.74) is 3.54. The van der Waals surface area contributed by atoms with E-state index in [0.29, 0.717) is 12.6 Å². The highest BCUT2D eigenvalue weighted by atomic mass is 127. The van der Waals surface area contributed by atoms with Crippen LogP contribution in [-0.2, 0) is 20.1 Å². The van der Waals surface area contributed by atoms with Gasteiger partial charge < -0.3 is 15.2 Å². The van der Waals surface area contributed by atoms with Gasteiger partial charge in [-0.05, 0) is 44.0 Å². The average Bonchev–Trinajstić information content (AvgIpc) is 3.35. The summed E-state index contributed by atoms with van der Waals surface area (Å²) in [7, 11) is 2.06. The molecule has 0 saturated carbocycles. The molecule has 0 aliphatic carbocycles. The molecule has 0 spiro atoms. The largest absolute Gasteiger partial charge is 0.357 e. The zero-order valence-electron chi connectivity index (χ0n) is 18.4. The number of aromatic nitrogens is 2. The van der Waals surface area contributed by atoms with Crippen molar-refractivity contribution in [1.82, 2.24) is 25.1 Å². The topological polar surface area (TPSA) is 57.5 Å². The van der Waals surface area contributed by atoms with E-state index in [0.717, 1.165) is 49.0 Å². The van der Waals surface area contributed by atoms with Crippen LogP contribution in [0.3, 0.4) is 0 Å². The van der Waals surface area contributed by atoms with Gasteiger partial charge in [-0.25, -0.2) is 9.98 Å². The van der Waals surface area contributed by atoms with Gasteiger partial charge in [-0.3, -0.25) is 4.90 Å². The highest BCUT2D eigenvalue weighted by Crippen LogP contribution is 2.19. The molecule has 0 bridgehead atoms. The Morgan fingerprint density at radius 2 is 1.87 bits per heavy atom. The first-order valence-electron chi connectivity index (χ1n) is 10.9. The fraction of sp³-hybridized carbons (Fsp3) is 0.417. The van der Waals surface area contributed by atoms with Crippen LogP contribution in [0.1, 0.15) is 31.2 Å². The second kappa shape index (κ2) is 11.5. The zero-order valence-corrected chi connectivity index (χ0v) is 20.8. The minimum atomic E-state index is 0. The van der Waals surface area contributed by atoms with Crippen molar-refractivity contribution in [3.63, 3.8) is 0 Å². The predicted octanol–water partition coefficient (Wildman–Crippen LogP) is 3.91. The van der Waals surface area contributed by atoms with Gasteiger partial charge in [-0.15, -0.1) is 24.0 Å². The molecule has 4 rings (SSSR count). The van der Waals surface area contributed by atoms with Gasteiger partial charge in [0.1, 0.15) is 12.4 Å². The van der Waals surface area contributed by atoms with Crippen LogP contribution in [0.5, 0.6) is 0 Å². The van der Waals surface area contributed by atoms with Gasteiger partial charge in [-0.2, -0.15) is 0 Å². The van der Waals surface area contributed by atoms with Crippen LogP contribution in [0.15, 0.2) is 59.6 Å². The van der Waals surface area contributed by atoms with Crippen LogP contribution in [0.4, 0.5) is 0 Å². The molecule has 166 valence electrons. The van der Waals surface area contributed by atoms with E-state index in [9.17, 15) is 0 Å². The SMILES string of the molecule is CCNC(=NCc1nc2ccccc2n1C)NCC1CCCN1Cc1ccccc1.I. The summed E-state index contributed by atoms with van der Waals surface area (Å²) >= 11 is 0. The fourth-order valence-corrected chi connectivity index (χ4v) is 4.20. The first-order valence-corrected chi connectivity index (χ1v) is 10.9. The van der Waals surface area contributed by atoms with Crippen LogP contribution < -0.4 is 10.6 Å². The van der Waals surface area contributed by atoms with Crippen LogP contribution in [0, 0.1) is 0 Å². The smallest absolute Gasteiger partial charge is 0.191 e. The summed E-state index contributed by atoms with van der Waals surface area (Å²) in [4.78, 5) is 12.1. The number of likely N-dealkylation sites (tertiary alicyclic amines) is 1. The van der Waals surface area contributed by atoms with E-state index in [-0.39, 0.29) is 24.0 Å². The van der Waals surface area contributed by atoms with Crippen LogP contribution in [-0.4, -0.2) is 46.1 Å². The maximum absolute atomic E-state index is 4.80. The minimum absolute atomic E-state index is 0. The number of hydrogen-bond donors (Lipinski definition) is 2. The number of aryl methyl sites for hydroxylation is 1. The van der Waals surface area contributed by atoms with Crippen molar-refractivity contribution >= 4 is 41.0 Å². The molecule has 2 aromatic carbocycles. The fourth-order valence-electron chi connectivity index (χ4n) is 4.20. The molecule has 7 heteroatoms. The van der Waals surface area contributed by atoms with E-state index >= 15 is 0 Å². The molecule has 1 unspecified atom stereocenters. The maximum Gasteiger partial charge on any atom is 0.191 e. The molecule has 1 aliphatic heterocycles. The normalized spacial score (nSPS) is 17.0. The summed E-state index contributed by atoms with van der Waals surface area (Å²) in [6, 6.07) is 19.5. The number of hydrogen-bond acceptors (Lipinski definition) is 3. The van der Waals surface area contributed by atoms with Crippen LogP contribution >= 0.6 is 24.0 Å². The number of imidazole rings is 1. The Morgan fingerprint density at radius 1 is 1.10 bits per heavy atom. The molecule has 2 N–H and O–H groups in total. The van der Waals surface area contributed by atoms with Crippen LogP contribution in [0.25, 0.3) is 11.0 Å². The van der Waals surface area contributed by atoms with Crippen molar-refractivity contribution in [3.8, 4) is 0 Å². The number of nitrogens with one attached hydrogen (secondary N) is 2. The Labute approximate surface area is 202 Å². The molecule has 31 heavy (non-hydrogen) atoms. The number of benzene rings is 2. The molecule has 2 heterocycles. The monoisotopic (exact) mass is 532 g/mol. The van der Waals surface area contributed by atoms with E-state index in [2.05, 4.69) is 70.5 Å². The number of rotatable bonds is 7. The third-order valence-electron chi connectivity index (χ3n) is 5.84. The molecule has 1 aromatic heterocycles. The van der Waals surface area contributed by atoms with E-state index in [4.69, 9.17) is 9.98 Å². The highest BCUT2D eigenvalue weighted by molar-refractivity contribution is 14.0. The summed E-state index contributed by atoms with van der Waals surface area (Å²) in [5, 5.41) is 6.94. The Bertz CT molecular complexity index is 984. The quantitative estimate of drug-likeness (QED) is 0.275. The van der Waals surface area contributed by atoms with Crippen molar-refractivity contribution in [2.45, 2.75) is 38.9 Å². The Hall–Kier alpha value is -2.13. The number of nitrogens with zero attached hydrogens (tertiary/aromatic N) is 4. The molecule has 0 amide bonds. The Kier molecular flexibility index (Phi) is 8.71. The molecule has 1 saturated heterocycles. The van der Waals surface area contributed by atoms with Gasteiger partial charge in [-0.1, -0.05) is 42.5 Å². The number of halogens is 1. The third-order valence-corrected chi connectivity index (χ3v) is 5.84. The first kappa shape index (κ1) is 23.5. The summed E-state index contributed by atoms with van der Waals surface area (Å²) < 4.78 is 2.13. The number of fused-ring (bicyclic) bond motifs is 1. The zero-order chi connectivity index (χ0) is 20.8. The van der Waals surface area contributed by atoms with Gasteiger partial charge in [0.05, 0.1) is 11.0 Å². The lowest BCUT2D eigenvalue weighted by atomic mass is 10.2. The summed E-state index contributed by atoms with van der Waals surface area (Å²) in [5.74, 6) is 1.83. The molecule has 1 fully saturated rings. The Balaban J connectivity index is 0.00000272. The average molecular weight is 532 g/mol. The van der Waals surface area contributed by atoms with E-state index < -0.39 is 0 Å². The number of guanidine groups is 1. The molecule has 1 aliphatic rings. The van der Waals surface area contributed by atoms with Gasteiger partial charge >= 0.3 is 0 Å². The summed E-state index contributed by atoms with van der Waals surface area (Å²) in [6.45, 7) is 6.58. The van der Waals surface area contributed by atoms with Gasteiger partial charge in [0, 0.05) is 32.7 Å². The van der Waals surface area contributed by atoms with Crippen molar-refractivity contribution in [1.29, 1.82) is 0 Å². The second-order valence-electron chi connectivity index (χ2n) is 7.90. The van der Waals surface area contributed by atoms with E-state index in [1.54, 1.807) is 0 Å². The molecular weight excluding hydrogens is 499 g/mol. The molecular formula is C24H33IN6. The van der Waals surface area contributed by atoms with Gasteiger partial charge in [0.15, 0.2) is 5.96 Å². The molecule has 0 radical (unpaired) electrons. The lowest BCUT2D eigenvalue weighted by Crippen LogP contribution is -2.44. The second-order valence-corrected chi connectivity index (χ2v) is 7.90. The van der Waals surface area contributed by atoms with E-state index in [1.165, 1.54) is 18.4 Å². The van der Waals surface area contributed by atoms with Crippen molar-refractivity contribution in [3.05, 3.63) is 66.0 Å². The predicted molar refractivity (Wildman–Crippen MR) is 139 cm³/mol. The van der Waals surface area contributed by atoms with Crippen molar-refractivity contribution < 1.29 is 0 Å². The Morgan fingerprint density at radius 3 is 2.65 bits per heavy atom. The van der Waals surface area contributed by atoms with Crippen LogP contribution in [0.2, 0.25) is 0 Å². The third kappa shape index (κ3) is 5.98. The number of para-hydroxylation sites is 2. The lowest BCUT2D eigenvalue weighted by Gasteiger charge is -2.25. The number of aliphatic imine (C=N–C) groups is 1. The maximum atomic E-state index is 4.80. The molecule has 6 nitrogen and oxygen atoms in total.